The highest BCUT2D eigenvalue weighted by Gasteiger charge is 2.28. The zero-order valence-electron chi connectivity index (χ0n) is 13.1. The van der Waals surface area contributed by atoms with Crippen molar-refractivity contribution in [3.05, 3.63) is 0 Å². The van der Waals surface area contributed by atoms with Crippen LogP contribution in [0.5, 0.6) is 0 Å². The van der Waals surface area contributed by atoms with Crippen LogP contribution in [0, 0.1) is 5.41 Å². The molecule has 0 aromatic rings. The van der Waals surface area contributed by atoms with E-state index in [9.17, 15) is 14.4 Å². The van der Waals surface area contributed by atoms with E-state index in [4.69, 9.17) is 5.11 Å². The number of carbonyl (C=O) groups is 3. The highest BCUT2D eigenvalue weighted by atomic mass is 16.4. The number of carboxylic acids is 1. The Hall–Kier alpha value is -1.59. The second-order valence-corrected chi connectivity index (χ2v) is 6.60. The number of hydrogen-bond acceptors (Lipinski definition) is 3. The third-order valence-electron chi connectivity index (χ3n) is 3.72. The van der Waals surface area contributed by atoms with Crippen LogP contribution in [0.1, 0.15) is 52.9 Å². The molecule has 21 heavy (non-hydrogen) atoms. The Morgan fingerprint density at radius 1 is 1.24 bits per heavy atom. The predicted octanol–water partition coefficient (Wildman–Crippen LogP) is 1.39. The molecule has 1 rings (SSSR count). The van der Waals surface area contributed by atoms with Crippen molar-refractivity contribution in [1.82, 2.24) is 10.2 Å². The van der Waals surface area contributed by atoms with Crippen molar-refractivity contribution < 1.29 is 19.5 Å². The lowest BCUT2D eigenvalue weighted by atomic mass is 9.95. The molecule has 0 spiro atoms. The van der Waals surface area contributed by atoms with E-state index in [0.29, 0.717) is 13.0 Å². The molecular weight excluding hydrogens is 272 g/mol. The fraction of sp³-hybridized carbons (Fsp3) is 0.800. The Kier molecular flexibility index (Phi) is 6.18. The van der Waals surface area contributed by atoms with Crippen molar-refractivity contribution in [2.75, 3.05) is 13.1 Å². The number of amides is 2. The minimum Gasteiger partial charge on any atom is -0.481 e. The molecule has 0 saturated carbocycles. The number of aliphatic carboxylic acids is 1. The van der Waals surface area contributed by atoms with Crippen molar-refractivity contribution in [3.8, 4) is 0 Å². The van der Waals surface area contributed by atoms with Gasteiger partial charge in [0.15, 0.2) is 0 Å². The summed E-state index contributed by atoms with van der Waals surface area (Å²) in [5, 5.41) is 11.4. The van der Waals surface area contributed by atoms with Gasteiger partial charge in [-0.3, -0.25) is 14.4 Å². The first kappa shape index (κ1) is 17.5. The van der Waals surface area contributed by atoms with Crippen LogP contribution < -0.4 is 5.32 Å². The minimum absolute atomic E-state index is 0.0142. The Balaban J connectivity index is 2.53. The summed E-state index contributed by atoms with van der Waals surface area (Å²) in [5.74, 6) is -1.12. The molecule has 0 aliphatic carbocycles. The van der Waals surface area contributed by atoms with Crippen LogP contribution in [-0.4, -0.2) is 46.9 Å². The quantitative estimate of drug-likeness (QED) is 0.803. The summed E-state index contributed by atoms with van der Waals surface area (Å²) in [6, 6.07) is -0.0195. The van der Waals surface area contributed by atoms with Gasteiger partial charge in [0.05, 0.1) is 6.54 Å². The molecule has 1 aliphatic heterocycles. The fourth-order valence-corrected chi connectivity index (χ4v) is 2.44. The summed E-state index contributed by atoms with van der Waals surface area (Å²) < 4.78 is 0. The number of carbonyl (C=O) groups excluding carboxylic acids is 2. The van der Waals surface area contributed by atoms with Crippen molar-refractivity contribution in [2.45, 2.75) is 58.9 Å². The first-order chi connectivity index (χ1) is 9.71. The molecule has 2 amide bonds. The highest BCUT2D eigenvalue weighted by molar-refractivity contribution is 5.87. The number of rotatable bonds is 5. The van der Waals surface area contributed by atoms with E-state index >= 15 is 0 Å². The molecule has 0 radical (unpaired) electrons. The number of likely N-dealkylation sites (tertiary alicyclic amines) is 1. The number of nitrogens with zero attached hydrogens (tertiary/aromatic N) is 1. The van der Waals surface area contributed by atoms with Crippen LogP contribution in [0.3, 0.4) is 0 Å². The van der Waals surface area contributed by atoms with Crippen molar-refractivity contribution in [3.63, 3.8) is 0 Å². The van der Waals surface area contributed by atoms with Gasteiger partial charge in [-0.2, -0.15) is 0 Å². The summed E-state index contributed by atoms with van der Waals surface area (Å²) in [6.07, 6.45) is 3.34. The maximum Gasteiger partial charge on any atom is 0.303 e. The average molecular weight is 298 g/mol. The molecule has 0 aromatic heterocycles. The van der Waals surface area contributed by atoms with Gasteiger partial charge >= 0.3 is 5.97 Å². The van der Waals surface area contributed by atoms with Gasteiger partial charge in [0.2, 0.25) is 11.8 Å². The van der Waals surface area contributed by atoms with E-state index in [1.165, 1.54) is 0 Å². The van der Waals surface area contributed by atoms with Crippen molar-refractivity contribution >= 4 is 17.8 Å². The SMILES string of the molecule is CC(C)(C)C(=O)NCC(=O)N1CCCCC1CCC(=O)O. The van der Waals surface area contributed by atoms with Crippen molar-refractivity contribution in [1.29, 1.82) is 0 Å². The van der Waals surface area contributed by atoms with Crippen LogP contribution in [0.25, 0.3) is 0 Å². The molecule has 2 N–H and O–H groups in total. The van der Waals surface area contributed by atoms with E-state index in [-0.39, 0.29) is 30.8 Å². The van der Waals surface area contributed by atoms with Gasteiger partial charge in [-0.1, -0.05) is 20.8 Å². The average Bonchev–Trinajstić information content (AvgIpc) is 2.41. The molecule has 1 atom stereocenters. The van der Waals surface area contributed by atoms with Crippen LogP contribution in [0.4, 0.5) is 0 Å². The van der Waals surface area contributed by atoms with Gasteiger partial charge in [0.25, 0.3) is 0 Å². The number of piperidine rings is 1. The maximum atomic E-state index is 12.2. The van der Waals surface area contributed by atoms with Gasteiger partial charge in [0.1, 0.15) is 0 Å². The van der Waals surface area contributed by atoms with Gasteiger partial charge in [-0.15, -0.1) is 0 Å². The zero-order valence-corrected chi connectivity index (χ0v) is 13.1. The topological polar surface area (TPSA) is 86.7 Å². The van der Waals surface area contributed by atoms with Gasteiger partial charge in [-0.25, -0.2) is 0 Å². The Morgan fingerprint density at radius 2 is 1.90 bits per heavy atom. The standard InChI is InChI=1S/C15H26N2O4/c1-15(2,3)14(21)16-10-12(18)17-9-5-4-6-11(17)7-8-13(19)20/h11H,4-10H2,1-3H3,(H,16,21)(H,19,20). The lowest BCUT2D eigenvalue weighted by molar-refractivity contribution is -0.140. The smallest absolute Gasteiger partial charge is 0.303 e. The largest absolute Gasteiger partial charge is 0.481 e. The monoisotopic (exact) mass is 298 g/mol. The molecule has 1 heterocycles. The third-order valence-corrected chi connectivity index (χ3v) is 3.72. The maximum absolute atomic E-state index is 12.2. The Bertz CT molecular complexity index is 401. The summed E-state index contributed by atoms with van der Waals surface area (Å²) >= 11 is 0. The first-order valence-electron chi connectivity index (χ1n) is 7.51. The van der Waals surface area contributed by atoms with Crippen LogP contribution >= 0.6 is 0 Å². The molecule has 1 fully saturated rings. The minimum atomic E-state index is -0.839. The molecule has 1 aliphatic rings. The molecule has 1 unspecified atom stereocenters. The van der Waals surface area contributed by atoms with Crippen LogP contribution in [0.2, 0.25) is 0 Å². The summed E-state index contributed by atoms with van der Waals surface area (Å²) in [4.78, 5) is 36.5. The van der Waals surface area contributed by atoms with E-state index < -0.39 is 11.4 Å². The predicted molar refractivity (Wildman–Crippen MR) is 78.7 cm³/mol. The molecular formula is C15H26N2O4. The first-order valence-corrected chi connectivity index (χ1v) is 7.51. The fourth-order valence-electron chi connectivity index (χ4n) is 2.44. The Labute approximate surface area is 125 Å². The Morgan fingerprint density at radius 3 is 2.48 bits per heavy atom. The molecule has 0 aromatic carbocycles. The van der Waals surface area contributed by atoms with E-state index in [1.807, 2.05) is 0 Å². The van der Waals surface area contributed by atoms with E-state index in [2.05, 4.69) is 5.32 Å². The third kappa shape index (κ3) is 5.73. The van der Waals surface area contributed by atoms with Gasteiger partial charge in [-0.05, 0) is 25.7 Å². The summed E-state index contributed by atoms with van der Waals surface area (Å²) in [6.45, 7) is 6.02. The molecule has 120 valence electrons. The molecule has 6 heteroatoms. The second kappa shape index (κ2) is 7.43. The highest BCUT2D eigenvalue weighted by Crippen LogP contribution is 2.21. The molecule has 0 bridgehead atoms. The van der Waals surface area contributed by atoms with Crippen molar-refractivity contribution in [2.24, 2.45) is 5.41 Å². The summed E-state index contributed by atoms with van der Waals surface area (Å²) in [7, 11) is 0. The molecule has 6 nitrogen and oxygen atoms in total. The number of hydrogen-bond donors (Lipinski definition) is 2. The van der Waals surface area contributed by atoms with E-state index in [1.54, 1.807) is 25.7 Å². The lowest BCUT2D eigenvalue weighted by Gasteiger charge is -2.36. The second-order valence-electron chi connectivity index (χ2n) is 6.60. The zero-order chi connectivity index (χ0) is 16.0. The van der Waals surface area contributed by atoms with Crippen LogP contribution in [-0.2, 0) is 14.4 Å². The number of carboxylic acid groups (broad SMARTS) is 1. The normalized spacial score (nSPS) is 19.2. The van der Waals surface area contributed by atoms with Gasteiger partial charge < -0.3 is 15.3 Å². The van der Waals surface area contributed by atoms with Gasteiger partial charge in [0, 0.05) is 24.4 Å². The number of nitrogens with one attached hydrogen (secondary N) is 1. The summed E-state index contributed by atoms with van der Waals surface area (Å²) in [5.41, 5.74) is -0.523. The van der Waals surface area contributed by atoms with E-state index in [0.717, 1.165) is 19.3 Å². The lowest BCUT2D eigenvalue weighted by Crippen LogP contribution is -2.49. The van der Waals surface area contributed by atoms with Crippen LogP contribution in [0.15, 0.2) is 0 Å². The molecule has 1 saturated heterocycles.